The van der Waals surface area contributed by atoms with Gasteiger partial charge in [0.1, 0.15) is 5.75 Å². The van der Waals surface area contributed by atoms with Gasteiger partial charge in [0.25, 0.3) is 5.91 Å². The van der Waals surface area contributed by atoms with E-state index in [-0.39, 0.29) is 5.91 Å². The van der Waals surface area contributed by atoms with Gasteiger partial charge in [-0.05, 0) is 37.5 Å². The van der Waals surface area contributed by atoms with Crippen LogP contribution in [0.5, 0.6) is 5.75 Å². The number of likely N-dealkylation sites (tertiary alicyclic amines) is 1. The van der Waals surface area contributed by atoms with Crippen LogP contribution in [-0.4, -0.2) is 50.2 Å². The van der Waals surface area contributed by atoms with Gasteiger partial charge in [-0.25, -0.2) is 0 Å². The van der Waals surface area contributed by atoms with Gasteiger partial charge in [-0.15, -0.1) is 0 Å². The van der Waals surface area contributed by atoms with E-state index in [1.165, 1.54) is 5.69 Å². The summed E-state index contributed by atoms with van der Waals surface area (Å²) in [6.45, 7) is 7.01. The minimum absolute atomic E-state index is 0.0881. The molecule has 0 bridgehead atoms. The minimum Gasteiger partial charge on any atom is -0.508 e. The van der Waals surface area contributed by atoms with Gasteiger partial charge in [0, 0.05) is 56.9 Å². The van der Waals surface area contributed by atoms with Crippen molar-refractivity contribution in [2.75, 3.05) is 19.6 Å². The van der Waals surface area contributed by atoms with Crippen molar-refractivity contribution in [2.24, 2.45) is 0 Å². The Kier molecular flexibility index (Phi) is 4.68. The number of phenols is 1. The predicted molar refractivity (Wildman–Crippen MR) is 99.0 cm³/mol. The Bertz CT molecular complexity index is 808. The molecule has 26 heavy (non-hydrogen) atoms. The molecule has 1 aromatic heterocycles. The van der Waals surface area contributed by atoms with Crippen LogP contribution in [0.4, 0.5) is 0 Å². The fourth-order valence-corrected chi connectivity index (χ4v) is 4.10. The first-order valence-corrected chi connectivity index (χ1v) is 9.54. The maximum Gasteiger partial charge on any atom is 0.274 e. The van der Waals surface area contributed by atoms with Gasteiger partial charge in [0.2, 0.25) is 0 Å². The summed E-state index contributed by atoms with van der Waals surface area (Å²) in [6, 6.07) is 7.40. The molecule has 3 heterocycles. The molecule has 6 nitrogen and oxygen atoms in total. The molecule has 1 saturated heterocycles. The lowest BCUT2D eigenvalue weighted by Gasteiger charge is -2.28. The van der Waals surface area contributed by atoms with Gasteiger partial charge in [-0.1, -0.05) is 12.1 Å². The number of carbonyl (C=O) groups excluding carboxylic acids is 1. The first-order chi connectivity index (χ1) is 12.7. The Morgan fingerprint density at radius 3 is 2.77 bits per heavy atom. The zero-order valence-corrected chi connectivity index (χ0v) is 15.3. The van der Waals surface area contributed by atoms with E-state index in [1.54, 1.807) is 12.1 Å². The lowest BCUT2D eigenvalue weighted by Crippen LogP contribution is -2.33. The number of fused-ring (bicyclic) bond motifs is 1. The standard InChI is InChI=1S/C20H26N4O2/c1-2-24-18-8-11-22(13-15-6-5-7-16(25)12-15)14-17(18)19(21-24)20(26)23-9-3-4-10-23/h5-7,12,25H,2-4,8-11,13-14H2,1H3. The highest BCUT2D eigenvalue weighted by atomic mass is 16.3. The van der Waals surface area contributed by atoms with Crippen LogP contribution in [0.3, 0.4) is 0 Å². The van der Waals surface area contributed by atoms with E-state index in [0.717, 1.165) is 69.7 Å². The fourth-order valence-electron chi connectivity index (χ4n) is 4.10. The van der Waals surface area contributed by atoms with Gasteiger partial charge < -0.3 is 10.0 Å². The van der Waals surface area contributed by atoms with E-state index in [9.17, 15) is 9.90 Å². The van der Waals surface area contributed by atoms with Gasteiger partial charge in [-0.2, -0.15) is 5.10 Å². The van der Waals surface area contributed by atoms with Gasteiger partial charge in [0.15, 0.2) is 5.69 Å². The van der Waals surface area contributed by atoms with Crippen molar-refractivity contribution in [3.63, 3.8) is 0 Å². The number of rotatable bonds is 4. The van der Waals surface area contributed by atoms with Crippen molar-refractivity contribution < 1.29 is 9.90 Å². The van der Waals surface area contributed by atoms with E-state index < -0.39 is 0 Å². The number of aryl methyl sites for hydroxylation is 1. The molecular formula is C20H26N4O2. The number of nitrogens with zero attached hydrogens (tertiary/aromatic N) is 4. The number of carbonyl (C=O) groups is 1. The number of aromatic nitrogens is 2. The number of benzene rings is 1. The van der Waals surface area contributed by atoms with E-state index in [1.807, 2.05) is 21.7 Å². The molecule has 138 valence electrons. The van der Waals surface area contributed by atoms with E-state index >= 15 is 0 Å². The largest absolute Gasteiger partial charge is 0.508 e. The second-order valence-electron chi connectivity index (χ2n) is 7.22. The number of phenolic OH excluding ortho intramolecular Hbond substituents is 1. The van der Waals surface area contributed by atoms with Crippen molar-refractivity contribution >= 4 is 5.91 Å². The van der Waals surface area contributed by atoms with Crippen LogP contribution in [0.25, 0.3) is 0 Å². The van der Waals surface area contributed by atoms with Crippen LogP contribution in [0.2, 0.25) is 0 Å². The first kappa shape index (κ1) is 17.1. The maximum absolute atomic E-state index is 13.0. The molecule has 2 aromatic rings. The van der Waals surface area contributed by atoms with E-state index in [0.29, 0.717) is 11.4 Å². The van der Waals surface area contributed by atoms with Crippen LogP contribution in [0.1, 0.15) is 47.1 Å². The molecule has 0 spiro atoms. The van der Waals surface area contributed by atoms with Crippen molar-refractivity contribution in [3.8, 4) is 5.75 Å². The summed E-state index contributed by atoms with van der Waals surface area (Å²) in [6.07, 6.45) is 3.08. The minimum atomic E-state index is 0.0881. The van der Waals surface area contributed by atoms with Crippen LogP contribution >= 0.6 is 0 Å². The monoisotopic (exact) mass is 354 g/mol. The van der Waals surface area contributed by atoms with Crippen LogP contribution in [0, 0.1) is 0 Å². The van der Waals surface area contributed by atoms with Crippen molar-refractivity contribution in [2.45, 2.75) is 45.8 Å². The Morgan fingerprint density at radius 1 is 1.23 bits per heavy atom. The number of amides is 1. The quantitative estimate of drug-likeness (QED) is 0.916. The van der Waals surface area contributed by atoms with E-state index in [4.69, 9.17) is 0 Å². The third kappa shape index (κ3) is 3.21. The maximum atomic E-state index is 13.0. The van der Waals surface area contributed by atoms with E-state index in [2.05, 4.69) is 16.9 Å². The Balaban J connectivity index is 1.58. The summed E-state index contributed by atoms with van der Waals surface area (Å²) < 4.78 is 2.00. The molecule has 6 heteroatoms. The lowest BCUT2D eigenvalue weighted by atomic mass is 10.0. The van der Waals surface area contributed by atoms with Crippen molar-refractivity contribution in [3.05, 3.63) is 46.8 Å². The molecule has 0 saturated carbocycles. The summed E-state index contributed by atoms with van der Waals surface area (Å²) in [5, 5.41) is 14.4. The molecule has 0 atom stereocenters. The first-order valence-electron chi connectivity index (χ1n) is 9.54. The second-order valence-corrected chi connectivity index (χ2v) is 7.22. The Hall–Kier alpha value is -2.34. The van der Waals surface area contributed by atoms with Crippen LogP contribution in [-0.2, 0) is 26.1 Å². The molecular weight excluding hydrogens is 328 g/mol. The molecule has 1 aromatic carbocycles. The normalized spacial score (nSPS) is 17.5. The number of hydrogen-bond acceptors (Lipinski definition) is 4. The predicted octanol–water partition coefficient (Wildman–Crippen LogP) is 2.40. The molecule has 2 aliphatic rings. The number of aromatic hydroxyl groups is 1. The smallest absolute Gasteiger partial charge is 0.274 e. The molecule has 0 unspecified atom stereocenters. The van der Waals surface area contributed by atoms with Crippen molar-refractivity contribution in [1.29, 1.82) is 0 Å². The lowest BCUT2D eigenvalue weighted by molar-refractivity contribution is 0.0783. The zero-order valence-electron chi connectivity index (χ0n) is 15.3. The van der Waals surface area contributed by atoms with Gasteiger partial charge in [0.05, 0.1) is 0 Å². The highest BCUT2D eigenvalue weighted by molar-refractivity contribution is 5.94. The molecule has 2 aliphatic heterocycles. The van der Waals surface area contributed by atoms with Crippen LogP contribution in [0.15, 0.2) is 24.3 Å². The summed E-state index contributed by atoms with van der Waals surface area (Å²) >= 11 is 0. The SMILES string of the molecule is CCn1nc(C(=O)N2CCCC2)c2c1CCN(Cc1cccc(O)c1)C2. The van der Waals surface area contributed by atoms with Gasteiger partial charge >= 0.3 is 0 Å². The zero-order chi connectivity index (χ0) is 18.1. The molecule has 1 N–H and O–H groups in total. The van der Waals surface area contributed by atoms with Crippen molar-refractivity contribution in [1.82, 2.24) is 19.6 Å². The third-order valence-corrected chi connectivity index (χ3v) is 5.43. The topological polar surface area (TPSA) is 61.6 Å². The fraction of sp³-hybridized carbons (Fsp3) is 0.500. The molecule has 0 radical (unpaired) electrons. The van der Waals surface area contributed by atoms with Gasteiger partial charge in [-0.3, -0.25) is 14.4 Å². The highest BCUT2D eigenvalue weighted by Crippen LogP contribution is 2.26. The van der Waals surface area contributed by atoms with Crippen LogP contribution < -0.4 is 0 Å². The molecule has 1 amide bonds. The summed E-state index contributed by atoms with van der Waals surface area (Å²) in [7, 11) is 0. The highest BCUT2D eigenvalue weighted by Gasteiger charge is 2.30. The third-order valence-electron chi connectivity index (χ3n) is 5.43. The molecule has 0 aliphatic carbocycles. The number of hydrogen-bond donors (Lipinski definition) is 1. The Labute approximate surface area is 154 Å². The molecule has 4 rings (SSSR count). The summed E-state index contributed by atoms with van der Waals surface area (Å²) in [5.41, 5.74) is 4.03. The molecule has 1 fully saturated rings. The second kappa shape index (κ2) is 7.11. The Morgan fingerprint density at radius 2 is 2.04 bits per heavy atom. The summed E-state index contributed by atoms with van der Waals surface area (Å²) in [4.78, 5) is 17.2. The summed E-state index contributed by atoms with van der Waals surface area (Å²) in [5.74, 6) is 0.383. The average Bonchev–Trinajstić information content (AvgIpc) is 3.29. The average molecular weight is 354 g/mol.